The van der Waals surface area contributed by atoms with Gasteiger partial charge in [0.05, 0.1) is 6.54 Å². The van der Waals surface area contributed by atoms with Crippen molar-refractivity contribution < 1.29 is 0 Å². The van der Waals surface area contributed by atoms with Crippen molar-refractivity contribution in [2.24, 2.45) is 7.05 Å². The Morgan fingerprint density at radius 2 is 2.17 bits per heavy atom. The number of tetrazole rings is 1. The molecule has 0 unspecified atom stereocenters. The van der Waals surface area contributed by atoms with Crippen LogP contribution in [0.5, 0.6) is 0 Å². The van der Waals surface area contributed by atoms with Crippen LogP contribution in [0, 0.1) is 0 Å². The van der Waals surface area contributed by atoms with E-state index in [0.29, 0.717) is 12.4 Å². The fourth-order valence-corrected chi connectivity index (χ4v) is 2.13. The molecule has 3 aromatic rings. The summed E-state index contributed by atoms with van der Waals surface area (Å²) in [5.41, 5.74) is 2.52. The van der Waals surface area contributed by atoms with E-state index in [1.54, 1.807) is 0 Å². The quantitative estimate of drug-likeness (QED) is 0.715. The summed E-state index contributed by atoms with van der Waals surface area (Å²) in [6.07, 6.45) is 2.15. The summed E-state index contributed by atoms with van der Waals surface area (Å²) >= 11 is 0. The van der Waals surface area contributed by atoms with Gasteiger partial charge in [0, 0.05) is 30.7 Å². The van der Waals surface area contributed by atoms with Crippen LogP contribution in [-0.4, -0.2) is 25.2 Å². The highest BCUT2D eigenvalue weighted by Gasteiger charge is 2.05. The molecule has 2 heterocycles. The highest BCUT2D eigenvalue weighted by Crippen LogP contribution is 2.19. The van der Waals surface area contributed by atoms with Gasteiger partial charge in [-0.25, -0.2) is 0 Å². The number of hydrogen-bond donors (Lipinski definition) is 2. The standard InChI is InChI=1S/C12H14N6/c1-18-8-9(10-4-2-3-5-11(10)18)6-13-7-12-14-16-17-15-12/h2-5,8,13H,6-7H2,1H3,(H,14,15,16,17). The number of aromatic amines is 1. The number of para-hydroxylation sites is 1. The van der Waals surface area contributed by atoms with Crippen LogP contribution in [0.15, 0.2) is 30.5 Å². The Labute approximate surface area is 104 Å². The van der Waals surface area contributed by atoms with E-state index in [2.05, 4.69) is 68.0 Å². The van der Waals surface area contributed by atoms with Crippen molar-refractivity contribution in [1.29, 1.82) is 0 Å². The molecule has 6 nitrogen and oxygen atoms in total. The molecule has 1 aromatic carbocycles. The first-order chi connectivity index (χ1) is 8.84. The summed E-state index contributed by atoms with van der Waals surface area (Å²) in [5, 5.41) is 18.3. The molecule has 0 aliphatic heterocycles. The van der Waals surface area contributed by atoms with Crippen molar-refractivity contribution in [3.63, 3.8) is 0 Å². The van der Waals surface area contributed by atoms with E-state index in [1.165, 1.54) is 16.5 Å². The zero-order valence-corrected chi connectivity index (χ0v) is 10.1. The summed E-state index contributed by atoms with van der Waals surface area (Å²) in [4.78, 5) is 0. The van der Waals surface area contributed by atoms with E-state index in [4.69, 9.17) is 0 Å². The number of hydrogen-bond acceptors (Lipinski definition) is 4. The van der Waals surface area contributed by atoms with Crippen LogP contribution < -0.4 is 5.32 Å². The zero-order chi connectivity index (χ0) is 12.4. The van der Waals surface area contributed by atoms with Gasteiger partial charge in [0.2, 0.25) is 0 Å². The van der Waals surface area contributed by atoms with Gasteiger partial charge < -0.3 is 9.88 Å². The molecule has 0 radical (unpaired) electrons. The smallest absolute Gasteiger partial charge is 0.188 e. The molecule has 2 N–H and O–H groups in total. The van der Waals surface area contributed by atoms with Gasteiger partial charge in [0.15, 0.2) is 5.82 Å². The maximum absolute atomic E-state index is 3.90. The Balaban J connectivity index is 1.75. The lowest BCUT2D eigenvalue weighted by molar-refractivity contribution is 0.664. The number of fused-ring (bicyclic) bond motifs is 1. The van der Waals surface area contributed by atoms with Crippen molar-refractivity contribution >= 4 is 10.9 Å². The SMILES string of the molecule is Cn1cc(CNCc2nn[nH]n2)c2ccccc21. The molecule has 0 saturated carbocycles. The van der Waals surface area contributed by atoms with E-state index in [0.717, 1.165) is 6.54 Å². The summed E-state index contributed by atoms with van der Waals surface area (Å²) in [6.45, 7) is 1.40. The zero-order valence-electron chi connectivity index (χ0n) is 10.1. The van der Waals surface area contributed by atoms with Gasteiger partial charge in [0.1, 0.15) is 0 Å². The summed E-state index contributed by atoms with van der Waals surface area (Å²) < 4.78 is 2.14. The first-order valence-electron chi connectivity index (χ1n) is 5.80. The lowest BCUT2D eigenvalue weighted by Crippen LogP contribution is -2.13. The molecule has 0 saturated heterocycles. The van der Waals surface area contributed by atoms with E-state index in [9.17, 15) is 0 Å². The van der Waals surface area contributed by atoms with Gasteiger partial charge in [-0.15, -0.1) is 10.2 Å². The minimum Gasteiger partial charge on any atom is -0.350 e. The van der Waals surface area contributed by atoms with E-state index < -0.39 is 0 Å². The molecule has 0 bridgehead atoms. The van der Waals surface area contributed by atoms with Crippen LogP contribution in [0.2, 0.25) is 0 Å². The Hall–Kier alpha value is -2.21. The molecule has 0 aliphatic carbocycles. The van der Waals surface area contributed by atoms with Gasteiger partial charge in [-0.1, -0.05) is 23.4 Å². The van der Waals surface area contributed by atoms with Crippen molar-refractivity contribution in [3.05, 3.63) is 41.9 Å². The van der Waals surface area contributed by atoms with Crippen LogP contribution in [0.1, 0.15) is 11.4 Å². The lowest BCUT2D eigenvalue weighted by Gasteiger charge is -2.00. The maximum atomic E-state index is 3.90. The third-order valence-electron chi connectivity index (χ3n) is 2.97. The predicted molar refractivity (Wildman–Crippen MR) is 67.6 cm³/mol. The minimum atomic E-state index is 0.611. The largest absolute Gasteiger partial charge is 0.350 e. The molecule has 18 heavy (non-hydrogen) atoms. The molecule has 92 valence electrons. The topological polar surface area (TPSA) is 71.4 Å². The van der Waals surface area contributed by atoms with Gasteiger partial charge >= 0.3 is 0 Å². The maximum Gasteiger partial charge on any atom is 0.188 e. The van der Waals surface area contributed by atoms with E-state index in [1.807, 2.05) is 0 Å². The van der Waals surface area contributed by atoms with E-state index >= 15 is 0 Å². The second kappa shape index (κ2) is 4.58. The highest BCUT2D eigenvalue weighted by molar-refractivity contribution is 5.83. The fraction of sp³-hybridized carbons (Fsp3) is 0.250. The number of aromatic nitrogens is 5. The van der Waals surface area contributed by atoms with Crippen molar-refractivity contribution in [2.45, 2.75) is 13.1 Å². The molecule has 0 fully saturated rings. The van der Waals surface area contributed by atoms with E-state index in [-0.39, 0.29) is 0 Å². The summed E-state index contributed by atoms with van der Waals surface area (Å²) in [5.74, 6) is 0.676. The van der Waals surface area contributed by atoms with Gasteiger partial charge in [-0.3, -0.25) is 0 Å². The normalized spacial score (nSPS) is 11.2. The Morgan fingerprint density at radius 3 is 3.00 bits per heavy atom. The van der Waals surface area contributed by atoms with Crippen LogP contribution >= 0.6 is 0 Å². The number of rotatable bonds is 4. The highest BCUT2D eigenvalue weighted by atomic mass is 15.5. The number of nitrogens with one attached hydrogen (secondary N) is 2. The Kier molecular flexibility index (Phi) is 2.77. The third kappa shape index (κ3) is 1.98. The average molecular weight is 242 g/mol. The van der Waals surface area contributed by atoms with Gasteiger partial charge in [0.25, 0.3) is 0 Å². The Morgan fingerprint density at radius 1 is 1.28 bits per heavy atom. The monoisotopic (exact) mass is 242 g/mol. The van der Waals surface area contributed by atoms with Gasteiger partial charge in [-0.2, -0.15) is 5.21 Å². The first-order valence-corrected chi connectivity index (χ1v) is 5.80. The number of aryl methyl sites for hydroxylation is 1. The van der Waals surface area contributed by atoms with Crippen LogP contribution in [0.3, 0.4) is 0 Å². The molecular formula is C12H14N6. The molecule has 0 spiro atoms. The fourth-order valence-electron chi connectivity index (χ4n) is 2.13. The summed E-state index contributed by atoms with van der Waals surface area (Å²) in [7, 11) is 2.06. The molecule has 0 aliphatic rings. The van der Waals surface area contributed by atoms with Gasteiger partial charge in [-0.05, 0) is 11.6 Å². The molecule has 2 aromatic heterocycles. The van der Waals surface area contributed by atoms with Crippen molar-refractivity contribution in [2.75, 3.05) is 0 Å². The average Bonchev–Trinajstić information content (AvgIpc) is 3.00. The molecule has 0 atom stereocenters. The third-order valence-corrected chi connectivity index (χ3v) is 2.97. The molecule has 3 rings (SSSR count). The predicted octanol–water partition coefficient (Wildman–Crippen LogP) is 0.981. The minimum absolute atomic E-state index is 0.611. The second-order valence-corrected chi connectivity index (χ2v) is 4.21. The lowest BCUT2D eigenvalue weighted by atomic mass is 10.2. The van der Waals surface area contributed by atoms with Crippen LogP contribution in [0.4, 0.5) is 0 Å². The number of nitrogens with zero attached hydrogens (tertiary/aromatic N) is 4. The van der Waals surface area contributed by atoms with Crippen LogP contribution in [0.25, 0.3) is 10.9 Å². The summed E-state index contributed by atoms with van der Waals surface area (Å²) in [6, 6.07) is 8.38. The number of benzene rings is 1. The van der Waals surface area contributed by atoms with Crippen LogP contribution in [-0.2, 0) is 20.1 Å². The Bertz CT molecular complexity index is 640. The first kappa shape index (κ1) is 10.9. The number of H-pyrrole nitrogens is 1. The second-order valence-electron chi connectivity index (χ2n) is 4.21. The van der Waals surface area contributed by atoms with Crippen molar-refractivity contribution in [3.8, 4) is 0 Å². The molecule has 0 amide bonds. The molecular weight excluding hydrogens is 228 g/mol. The van der Waals surface area contributed by atoms with Crippen molar-refractivity contribution in [1.82, 2.24) is 30.5 Å². The molecule has 6 heteroatoms.